The molecule has 0 aliphatic heterocycles. The lowest BCUT2D eigenvalue weighted by Gasteiger charge is -2.22. The highest BCUT2D eigenvalue weighted by Crippen LogP contribution is 2.17. The molecule has 1 N–H and O–H groups in total. The number of hydrogen-bond acceptors (Lipinski definition) is 2. The standard InChI is InChI=1S/C16H23NO2/c1-13-6-5-9-15(12-13)19-11-10-16(18)17-14-7-3-2-4-8-14/h5-6,9,12,14H,2-4,7-8,10-11H2,1H3,(H,17,18). The summed E-state index contributed by atoms with van der Waals surface area (Å²) in [6, 6.07) is 8.29. The first-order valence-electron chi connectivity index (χ1n) is 7.23. The van der Waals surface area contributed by atoms with Gasteiger partial charge < -0.3 is 10.1 Å². The van der Waals surface area contributed by atoms with Gasteiger partial charge in [0.15, 0.2) is 0 Å². The summed E-state index contributed by atoms with van der Waals surface area (Å²) in [5.74, 6) is 0.949. The van der Waals surface area contributed by atoms with Crippen LogP contribution in [0.1, 0.15) is 44.1 Å². The SMILES string of the molecule is Cc1cccc(OCCC(=O)NC2CCCCC2)c1. The molecular weight excluding hydrogens is 238 g/mol. The maximum Gasteiger partial charge on any atom is 0.223 e. The van der Waals surface area contributed by atoms with E-state index in [1.165, 1.54) is 24.8 Å². The fourth-order valence-corrected chi connectivity index (χ4v) is 2.51. The van der Waals surface area contributed by atoms with Gasteiger partial charge >= 0.3 is 0 Å². The summed E-state index contributed by atoms with van der Waals surface area (Å²) < 4.78 is 5.59. The highest BCUT2D eigenvalue weighted by Gasteiger charge is 2.15. The van der Waals surface area contributed by atoms with E-state index < -0.39 is 0 Å². The predicted molar refractivity (Wildman–Crippen MR) is 76.3 cm³/mol. The molecule has 0 bridgehead atoms. The van der Waals surface area contributed by atoms with E-state index in [1.807, 2.05) is 31.2 Å². The van der Waals surface area contributed by atoms with Crippen LogP contribution < -0.4 is 10.1 Å². The van der Waals surface area contributed by atoms with Crippen molar-refractivity contribution in [2.24, 2.45) is 0 Å². The Labute approximate surface area is 115 Å². The van der Waals surface area contributed by atoms with Gasteiger partial charge in [0.05, 0.1) is 13.0 Å². The molecule has 0 radical (unpaired) electrons. The van der Waals surface area contributed by atoms with Crippen LogP contribution in [0, 0.1) is 6.92 Å². The first-order valence-corrected chi connectivity index (χ1v) is 7.23. The number of ether oxygens (including phenoxy) is 1. The minimum Gasteiger partial charge on any atom is -0.493 e. The highest BCUT2D eigenvalue weighted by molar-refractivity contribution is 5.76. The third-order valence-electron chi connectivity index (χ3n) is 3.56. The summed E-state index contributed by atoms with van der Waals surface area (Å²) in [5.41, 5.74) is 1.17. The van der Waals surface area contributed by atoms with E-state index in [0.29, 0.717) is 19.1 Å². The Morgan fingerprint density at radius 3 is 2.84 bits per heavy atom. The van der Waals surface area contributed by atoms with Crippen molar-refractivity contribution in [2.75, 3.05) is 6.61 Å². The van der Waals surface area contributed by atoms with Crippen LogP contribution in [0.25, 0.3) is 0 Å². The molecule has 1 amide bonds. The molecule has 1 aliphatic rings. The van der Waals surface area contributed by atoms with Crippen molar-refractivity contribution in [3.8, 4) is 5.75 Å². The molecule has 0 saturated heterocycles. The lowest BCUT2D eigenvalue weighted by Crippen LogP contribution is -2.36. The maximum atomic E-state index is 11.8. The van der Waals surface area contributed by atoms with E-state index in [0.717, 1.165) is 18.6 Å². The topological polar surface area (TPSA) is 38.3 Å². The molecular formula is C16H23NO2. The van der Waals surface area contributed by atoms with E-state index in [4.69, 9.17) is 4.74 Å². The molecule has 1 aliphatic carbocycles. The number of benzene rings is 1. The van der Waals surface area contributed by atoms with Crippen LogP contribution in [-0.2, 0) is 4.79 Å². The maximum absolute atomic E-state index is 11.8. The Hall–Kier alpha value is -1.51. The van der Waals surface area contributed by atoms with Crippen molar-refractivity contribution in [1.29, 1.82) is 0 Å². The molecule has 0 spiro atoms. The number of carbonyl (C=O) groups excluding carboxylic acids is 1. The van der Waals surface area contributed by atoms with Crippen molar-refractivity contribution in [3.05, 3.63) is 29.8 Å². The molecule has 2 rings (SSSR count). The zero-order chi connectivity index (χ0) is 13.5. The number of hydrogen-bond donors (Lipinski definition) is 1. The smallest absolute Gasteiger partial charge is 0.223 e. The molecule has 1 fully saturated rings. The molecule has 104 valence electrons. The number of amides is 1. The molecule has 3 nitrogen and oxygen atoms in total. The third kappa shape index (κ3) is 4.93. The summed E-state index contributed by atoms with van der Waals surface area (Å²) >= 11 is 0. The van der Waals surface area contributed by atoms with Crippen molar-refractivity contribution >= 4 is 5.91 Å². The summed E-state index contributed by atoms with van der Waals surface area (Å²) in [7, 11) is 0. The fraction of sp³-hybridized carbons (Fsp3) is 0.562. The van der Waals surface area contributed by atoms with Crippen molar-refractivity contribution in [2.45, 2.75) is 51.5 Å². The predicted octanol–water partition coefficient (Wildman–Crippen LogP) is 3.21. The zero-order valence-corrected chi connectivity index (χ0v) is 11.7. The van der Waals surface area contributed by atoms with E-state index in [-0.39, 0.29) is 5.91 Å². The van der Waals surface area contributed by atoms with Crippen molar-refractivity contribution in [1.82, 2.24) is 5.32 Å². The van der Waals surface area contributed by atoms with Gasteiger partial charge in [-0.15, -0.1) is 0 Å². The van der Waals surface area contributed by atoms with Gasteiger partial charge in [0.1, 0.15) is 5.75 Å². The highest BCUT2D eigenvalue weighted by atomic mass is 16.5. The second kappa shape index (κ2) is 7.17. The van der Waals surface area contributed by atoms with E-state index >= 15 is 0 Å². The molecule has 0 heterocycles. The number of carbonyl (C=O) groups is 1. The Bertz CT molecular complexity index is 411. The first-order chi connectivity index (χ1) is 9.24. The van der Waals surface area contributed by atoms with Gasteiger partial charge in [-0.2, -0.15) is 0 Å². The molecule has 3 heteroatoms. The second-order valence-electron chi connectivity index (χ2n) is 5.32. The van der Waals surface area contributed by atoms with Gasteiger partial charge in [-0.1, -0.05) is 31.4 Å². The van der Waals surface area contributed by atoms with Gasteiger partial charge in [0.25, 0.3) is 0 Å². The van der Waals surface area contributed by atoms with Crippen LogP contribution >= 0.6 is 0 Å². The number of aryl methyl sites for hydroxylation is 1. The van der Waals surface area contributed by atoms with Crippen molar-refractivity contribution in [3.63, 3.8) is 0 Å². The quantitative estimate of drug-likeness (QED) is 0.884. The van der Waals surface area contributed by atoms with E-state index in [2.05, 4.69) is 5.32 Å². The average Bonchev–Trinajstić information content (AvgIpc) is 2.40. The molecule has 0 aromatic heterocycles. The number of nitrogens with one attached hydrogen (secondary N) is 1. The molecule has 0 atom stereocenters. The van der Waals surface area contributed by atoms with Gasteiger partial charge in [-0.05, 0) is 37.5 Å². The van der Waals surface area contributed by atoms with Gasteiger partial charge in [0, 0.05) is 6.04 Å². The zero-order valence-electron chi connectivity index (χ0n) is 11.7. The van der Waals surface area contributed by atoms with Crippen LogP contribution in [0.3, 0.4) is 0 Å². The van der Waals surface area contributed by atoms with E-state index in [1.54, 1.807) is 0 Å². The third-order valence-corrected chi connectivity index (χ3v) is 3.56. The van der Waals surface area contributed by atoms with Crippen LogP contribution in [-0.4, -0.2) is 18.6 Å². The first kappa shape index (κ1) is 13.9. The minimum absolute atomic E-state index is 0.111. The summed E-state index contributed by atoms with van der Waals surface area (Å²) in [6.45, 7) is 2.48. The van der Waals surface area contributed by atoms with Crippen LogP contribution in [0.2, 0.25) is 0 Å². The van der Waals surface area contributed by atoms with Gasteiger partial charge in [-0.25, -0.2) is 0 Å². The lowest BCUT2D eigenvalue weighted by atomic mass is 9.95. The van der Waals surface area contributed by atoms with Crippen molar-refractivity contribution < 1.29 is 9.53 Å². The normalized spacial score (nSPS) is 16.1. The monoisotopic (exact) mass is 261 g/mol. The lowest BCUT2D eigenvalue weighted by molar-refractivity contribution is -0.122. The Morgan fingerprint density at radius 2 is 2.11 bits per heavy atom. The number of rotatable bonds is 5. The molecule has 0 unspecified atom stereocenters. The van der Waals surface area contributed by atoms with Crippen LogP contribution in [0.4, 0.5) is 0 Å². The molecule has 19 heavy (non-hydrogen) atoms. The average molecular weight is 261 g/mol. The fourth-order valence-electron chi connectivity index (χ4n) is 2.51. The summed E-state index contributed by atoms with van der Waals surface area (Å²) in [6.07, 6.45) is 6.48. The Balaban J connectivity index is 1.66. The molecule has 1 saturated carbocycles. The Kier molecular flexibility index (Phi) is 5.25. The van der Waals surface area contributed by atoms with Gasteiger partial charge in [-0.3, -0.25) is 4.79 Å². The molecule has 1 aromatic carbocycles. The second-order valence-corrected chi connectivity index (χ2v) is 5.32. The van der Waals surface area contributed by atoms with Crippen LogP contribution in [0.15, 0.2) is 24.3 Å². The molecule has 1 aromatic rings. The van der Waals surface area contributed by atoms with Crippen LogP contribution in [0.5, 0.6) is 5.75 Å². The van der Waals surface area contributed by atoms with E-state index in [9.17, 15) is 4.79 Å². The largest absolute Gasteiger partial charge is 0.493 e. The van der Waals surface area contributed by atoms with Gasteiger partial charge in [0.2, 0.25) is 5.91 Å². The summed E-state index contributed by atoms with van der Waals surface area (Å²) in [4.78, 5) is 11.8. The minimum atomic E-state index is 0.111. The summed E-state index contributed by atoms with van der Waals surface area (Å²) in [5, 5.41) is 3.10. The Morgan fingerprint density at radius 1 is 1.32 bits per heavy atom.